The largest absolute Gasteiger partial charge is 0.441 e. The second-order valence-corrected chi connectivity index (χ2v) is 5.89. The predicted molar refractivity (Wildman–Crippen MR) is 81.2 cm³/mol. The van der Waals surface area contributed by atoms with Crippen LogP contribution in [0.5, 0.6) is 0 Å². The fraction of sp³-hybridized carbons (Fsp3) is 0.429. The molecule has 0 aliphatic heterocycles. The number of alkyl halides is 3. The van der Waals surface area contributed by atoms with E-state index in [2.05, 4.69) is 5.32 Å². The number of aryl methyl sites for hydroxylation is 1. The SMILES string of the molecule is O=C(CCCn1c(=O)oc2ccccc21)NCCSC(F)(F)F. The van der Waals surface area contributed by atoms with Crippen LogP contribution in [0.4, 0.5) is 13.2 Å². The van der Waals surface area contributed by atoms with Crippen LogP contribution in [0.25, 0.3) is 11.1 Å². The highest BCUT2D eigenvalue weighted by molar-refractivity contribution is 8.00. The van der Waals surface area contributed by atoms with Crippen molar-refractivity contribution in [2.24, 2.45) is 0 Å². The Bertz CT molecular complexity index is 724. The molecule has 0 saturated carbocycles. The maximum absolute atomic E-state index is 11.9. The summed E-state index contributed by atoms with van der Waals surface area (Å²) in [6.07, 6.45) is 0.518. The summed E-state index contributed by atoms with van der Waals surface area (Å²) < 4.78 is 42.2. The Morgan fingerprint density at radius 1 is 1.30 bits per heavy atom. The van der Waals surface area contributed by atoms with Crippen LogP contribution in [0.3, 0.4) is 0 Å². The van der Waals surface area contributed by atoms with Crippen LogP contribution < -0.4 is 11.1 Å². The standard InChI is InChI=1S/C14H15F3N2O3S/c15-14(16,17)23-9-7-18-12(20)6-3-8-19-10-4-1-2-5-11(10)22-13(19)21/h1-2,4-5H,3,6-9H2,(H,18,20). The molecule has 0 fully saturated rings. The second-order valence-electron chi connectivity index (χ2n) is 4.74. The van der Waals surface area contributed by atoms with Crippen molar-refractivity contribution in [2.45, 2.75) is 24.9 Å². The maximum Gasteiger partial charge on any atom is 0.441 e. The lowest BCUT2D eigenvalue weighted by Gasteiger charge is -2.07. The molecule has 1 heterocycles. The molecule has 0 radical (unpaired) electrons. The van der Waals surface area contributed by atoms with Gasteiger partial charge in [0.05, 0.1) is 5.52 Å². The molecule has 9 heteroatoms. The Hall–Kier alpha value is -1.90. The maximum atomic E-state index is 11.9. The van der Waals surface area contributed by atoms with Crippen LogP contribution in [-0.4, -0.2) is 28.3 Å². The molecule has 2 rings (SSSR count). The van der Waals surface area contributed by atoms with Gasteiger partial charge < -0.3 is 9.73 Å². The number of hydrogen-bond acceptors (Lipinski definition) is 4. The highest BCUT2D eigenvalue weighted by Gasteiger charge is 2.27. The van der Waals surface area contributed by atoms with Gasteiger partial charge in [0, 0.05) is 25.3 Å². The lowest BCUT2D eigenvalue weighted by atomic mass is 10.2. The topological polar surface area (TPSA) is 64.2 Å². The zero-order valence-electron chi connectivity index (χ0n) is 12.1. The number of carbonyl (C=O) groups excluding carboxylic acids is 1. The Morgan fingerprint density at radius 2 is 2.04 bits per heavy atom. The van der Waals surface area contributed by atoms with E-state index in [0.717, 1.165) is 0 Å². The number of para-hydroxylation sites is 2. The van der Waals surface area contributed by atoms with Crippen molar-refractivity contribution in [3.8, 4) is 0 Å². The molecule has 0 aliphatic carbocycles. The number of rotatable bonds is 7. The molecule has 0 bridgehead atoms. The lowest BCUT2D eigenvalue weighted by molar-refractivity contribution is -0.121. The van der Waals surface area contributed by atoms with Crippen molar-refractivity contribution in [3.05, 3.63) is 34.8 Å². The van der Waals surface area contributed by atoms with Crippen molar-refractivity contribution in [2.75, 3.05) is 12.3 Å². The fourth-order valence-corrected chi connectivity index (χ4v) is 2.50. The molecule has 126 valence electrons. The number of hydrogen-bond donors (Lipinski definition) is 1. The highest BCUT2D eigenvalue weighted by atomic mass is 32.2. The van der Waals surface area contributed by atoms with Gasteiger partial charge in [0.15, 0.2) is 5.58 Å². The van der Waals surface area contributed by atoms with Gasteiger partial charge in [0.2, 0.25) is 5.91 Å². The van der Waals surface area contributed by atoms with Crippen LogP contribution in [0, 0.1) is 0 Å². The fourth-order valence-electron chi connectivity index (χ4n) is 2.07. The van der Waals surface area contributed by atoms with Crippen LogP contribution in [0.2, 0.25) is 0 Å². The number of nitrogens with zero attached hydrogens (tertiary/aromatic N) is 1. The summed E-state index contributed by atoms with van der Waals surface area (Å²) in [5.74, 6) is -1.05. The zero-order chi connectivity index (χ0) is 16.9. The summed E-state index contributed by atoms with van der Waals surface area (Å²) >= 11 is -0.172. The summed E-state index contributed by atoms with van der Waals surface area (Å²) in [5, 5.41) is 2.42. The lowest BCUT2D eigenvalue weighted by Crippen LogP contribution is -2.26. The summed E-state index contributed by atoms with van der Waals surface area (Å²) in [4.78, 5) is 23.2. The van der Waals surface area contributed by atoms with E-state index in [4.69, 9.17) is 4.42 Å². The van der Waals surface area contributed by atoms with Gasteiger partial charge in [-0.2, -0.15) is 13.2 Å². The number of benzene rings is 1. The molecule has 0 unspecified atom stereocenters. The summed E-state index contributed by atoms with van der Waals surface area (Å²) in [6, 6.07) is 6.95. The summed E-state index contributed by atoms with van der Waals surface area (Å²) in [5.41, 5.74) is -3.15. The molecule has 0 aliphatic rings. The van der Waals surface area contributed by atoms with Crippen LogP contribution in [0.1, 0.15) is 12.8 Å². The van der Waals surface area contributed by atoms with Crippen LogP contribution in [0.15, 0.2) is 33.5 Å². The number of halogens is 3. The minimum atomic E-state index is -4.28. The monoisotopic (exact) mass is 348 g/mol. The van der Waals surface area contributed by atoms with Crippen molar-refractivity contribution >= 4 is 28.8 Å². The molecular weight excluding hydrogens is 333 g/mol. The Balaban J connectivity index is 1.75. The van der Waals surface area contributed by atoms with E-state index in [1.807, 2.05) is 0 Å². The molecule has 1 amide bonds. The van der Waals surface area contributed by atoms with Crippen molar-refractivity contribution in [3.63, 3.8) is 0 Å². The average Bonchev–Trinajstić information content (AvgIpc) is 2.79. The zero-order valence-corrected chi connectivity index (χ0v) is 12.9. The molecule has 2 aromatic rings. The van der Waals surface area contributed by atoms with Gasteiger partial charge >= 0.3 is 11.3 Å². The Kier molecular flexibility index (Phi) is 5.75. The first kappa shape index (κ1) is 17.5. The smallest absolute Gasteiger partial charge is 0.408 e. The number of aromatic nitrogens is 1. The molecular formula is C14H15F3N2O3S. The van der Waals surface area contributed by atoms with Gasteiger partial charge in [0.1, 0.15) is 0 Å². The molecule has 1 aromatic carbocycles. The van der Waals surface area contributed by atoms with Gasteiger partial charge in [0.25, 0.3) is 0 Å². The van der Waals surface area contributed by atoms with E-state index in [1.54, 1.807) is 24.3 Å². The van der Waals surface area contributed by atoms with E-state index < -0.39 is 11.3 Å². The van der Waals surface area contributed by atoms with E-state index in [9.17, 15) is 22.8 Å². The third kappa shape index (κ3) is 5.34. The molecule has 5 nitrogen and oxygen atoms in total. The van der Waals surface area contributed by atoms with E-state index >= 15 is 0 Å². The molecule has 0 spiro atoms. The van der Waals surface area contributed by atoms with Gasteiger partial charge in [-0.15, -0.1) is 0 Å². The third-order valence-electron chi connectivity index (χ3n) is 3.05. The Labute approximate surface area is 133 Å². The molecule has 0 saturated heterocycles. The minimum absolute atomic E-state index is 0.0440. The number of fused-ring (bicyclic) bond motifs is 1. The highest BCUT2D eigenvalue weighted by Crippen LogP contribution is 2.29. The molecule has 23 heavy (non-hydrogen) atoms. The third-order valence-corrected chi connectivity index (χ3v) is 3.78. The van der Waals surface area contributed by atoms with Crippen molar-refractivity contribution < 1.29 is 22.4 Å². The minimum Gasteiger partial charge on any atom is -0.408 e. The number of amides is 1. The molecule has 0 atom stereocenters. The average molecular weight is 348 g/mol. The van der Waals surface area contributed by atoms with Gasteiger partial charge in [-0.05, 0) is 30.3 Å². The summed E-state index contributed by atoms with van der Waals surface area (Å²) in [7, 11) is 0. The van der Waals surface area contributed by atoms with Crippen LogP contribution >= 0.6 is 11.8 Å². The first-order chi connectivity index (χ1) is 10.9. The van der Waals surface area contributed by atoms with Gasteiger partial charge in [-0.1, -0.05) is 12.1 Å². The van der Waals surface area contributed by atoms with E-state index in [0.29, 0.717) is 24.1 Å². The van der Waals surface area contributed by atoms with E-state index in [1.165, 1.54) is 4.57 Å². The molecule has 1 aromatic heterocycles. The quantitative estimate of drug-likeness (QED) is 0.782. The summed E-state index contributed by atoms with van der Waals surface area (Å²) in [6.45, 7) is 0.262. The van der Waals surface area contributed by atoms with Gasteiger partial charge in [-0.3, -0.25) is 9.36 Å². The number of oxazole rings is 1. The van der Waals surface area contributed by atoms with Crippen LogP contribution in [-0.2, 0) is 11.3 Å². The first-order valence-corrected chi connectivity index (χ1v) is 7.91. The normalized spacial score (nSPS) is 11.8. The van der Waals surface area contributed by atoms with Crippen molar-refractivity contribution in [1.29, 1.82) is 0 Å². The molecule has 1 N–H and O–H groups in total. The second kappa shape index (κ2) is 7.58. The van der Waals surface area contributed by atoms with Crippen molar-refractivity contribution in [1.82, 2.24) is 9.88 Å². The number of carbonyl (C=O) groups is 1. The first-order valence-electron chi connectivity index (χ1n) is 6.92. The number of nitrogens with one attached hydrogen (secondary N) is 1. The predicted octanol–water partition coefficient (Wildman–Crippen LogP) is 2.74. The number of thioether (sulfide) groups is 1. The van der Waals surface area contributed by atoms with E-state index in [-0.39, 0.29) is 36.4 Å². The Morgan fingerprint density at radius 3 is 2.78 bits per heavy atom. The van der Waals surface area contributed by atoms with Gasteiger partial charge in [-0.25, -0.2) is 4.79 Å².